The van der Waals surface area contributed by atoms with Gasteiger partial charge >= 0.3 is 0 Å². The van der Waals surface area contributed by atoms with Crippen LogP contribution < -0.4 is 16.6 Å². The Morgan fingerprint density at radius 3 is 2.54 bits per heavy atom. The number of para-hydroxylation sites is 1. The molecule has 0 spiro atoms. The Labute approximate surface area is 217 Å². The zero-order chi connectivity index (χ0) is 25.6. The van der Waals surface area contributed by atoms with Crippen LogP contribution >= 0.6 is 11.8 Å². The van der Waals surface area contributed by atoms with Crippen LogP contribution in [0.2, 0.25) is 0 Å². The van der Waals surface area contributed by atoms with E-state index in [0.29, 0.717) is 29.3 Å². The van der Waals surface area contributed by atoms with Crippen LogP contribution in [0.3, 0.4) is 0 Å². The van der Waals surface area contributed by atoms with Gasteiger partial charge in [0.1, 0.15) is 35.1 Å². The van der Waals surface area contributed by atoms with Gasteiger partial charge in [-0.1, -0.05) is 48.5 Å². The molecule has 5 aromatic rings. The second-order valence-corrected chi connectivity index (χ2v) is 9.40. The number of nitrogen functional groups attached to an aromatic ring is 1. The van der Waals surface area contributed by atoms with Crippen LogP contribution in [-0.2, 0) is 5.75 Å². The van der Waals surface area contributed by atoms with Gasteiger partial charge in [0.15, 0.2) is 5.82 Å². The number of anilines is 2. The lowest BCUT2D eigenvalue weighted by Crippen LogP contribution is -2.30. The highest BCUT2D eigenvalue weighted by atomic mass is 32.2. The monoisotopic (exact) mass is 508 g/mol. The average Bonchev–Trinajstić information content (AvgIpc) is 3.41. The van der Waals surface area contributed by atoms with E-state index >= 15 is 0 Å². The molecule has 0 aliphatic carbocycles. The number of hydrogen-bond acceptors (Lipinski definition) is 8. The number of aromatic nitrogens is 5. The summed E-state index contributed by atoms with van der Waals surface area (Å²) >= 11 is 1.78. The van der Waals surface area contributed by atoms with Gasteiger partial charge in [-0.2, -0.15) is 22.1 Å². The largest absolute Gasteiger partial charge is 0.382 e. The minimum atomic E-state index is -0.454. The first-order valence-electron chi connectivity index (χ1n) is 11.7. The summed E-state index contributed by atoms with van der Waals surface area (Å²) in [6, 6.07) is 24.8. The quantitative estimate of drug-likeness (QED) is 0.284. The Hall–Kier alpha value is -4.62. The van der Waals surface area contributed by atoms with Gasteiger partial charge in [-0.05, 0) is 42.0 Å². The van der Waals surface area contributed by atoms with Crippen molar-refractivity contribution in [1.29, 1.82) is 5.26 Å². The Balaban J connectivity index is 1.56. The maximum absolute atomic E-state index is 13.6. The fourth-order valence-corrected chi connectivity index (χ4v) is 5.04. The molecule has 0 amide bonds. The second kappa shape index (κ2) is 11.0. The fourth-order valence-electron chi connectivity index (χ4n) is 4.07. The van der Waals surface area contributed by atoms with Gasteiger partial charge in [0, 0.05) is 11.9 Å². The highest BCUT2D eigenvalue weighted by Crippen LogP contribution is 2.27. The standard InChI is InChI=1S/C27H24N8OS/c28-16-21-24(29)30-18-31-25(21)32-22(13-15-37-17-19-8-3-1-4-9-19)26-33-34-14-7-12-23(34)27(36)35(26)20-10-5-2-6-11-20/h1-12,14,18,22H,13,15,17H2,(H3,29,30,31,32). The summed E-state index contributed by atoms with van der Waals surface area (Å²) in [5, 5.41) is 17.9. The summed E-state index contributed by atoms with van der Waals surface area (Å²) in [6.45, 7) is 0. The number of hydrogen-bond donors (Lipinski definition) is 2. The van der Waals surface area contributed by atoms with Gasteiger partial charge in [0.05, 0.1) is 11.7 Å². The molecule has 2 aromatic carbocycles. The zero-order valence-electron chi connectivity index (χ0n) is 19.9. The van der Waals surface area contributed by atoms with Crippen molar-refractivity contribution in [3.63, 3.8) is 0 Å². The average molecular weight is 509 g/mol. The van der Waals surface area contributed by atoms with Gasteiger partial charge in [0.2, 0.25) is 0 Å². The molecule has 1 atom stereocenters. The molecule has 5 rings (SSSR count). The lowest BCUT2D eigenvalue weighted by Gasteiger charge is -2.23. The maximum Gasteiger partial charge on any atom is 0.282 e. The molecule has 37 heavy (non-hydrogen) atoms. The molecule has 184 valence electrons. The van der Waals surface area contributed by atoms with Gasteiger partial charge in [-0.3, -0.25) is 9.36 Å². The summed E-state index contributed by atoms with van der Waals surface area (Å²) in [4.78, 5) is 21.8. The lowest BCUT2D eigenvalue weighted by atomic mass is 10.1. The molecular weight excluding hydrogens is 484 g/mol. The molecule has 0 radical (unpaired) electrons. The van der Waals surface area contributed by atoms with Gasteiger partial charge in [-0.15, -0.1) is 0 Å². The summed E-state index contributed by atoms with van der Waals surface area (Å²) in [5.74, 6) is 2.51. The molecule has 9 nitrogen and oxygen atoms in total. The van der Waals surface area contributed by atoms with Gasteiger partial charge < -0.3 is 11.1 Å². The van der Waals surface area contributed by atoms with E-state index in [1.54, 1.807) is 39.2 Å². The predicted octanol–water partition coefficient (Wildman–Crippen LogP) is 4.21. The number of nitrogens with two attached hydrogens (primary N) is 1. The van der Waals surface area contributed by atoms with Gasteiger partial charge in [0.25, 0.3) is 5.56 Å². The Bertz CT molecular complexity index is 1610. The zero-order valence-corrected chi connectivity index (χ0v) is 20.7. The van der Waals surface area contributed by atoms with Crippen molar-refractivity contribution < 1.29 is 0 Å². The van der Waals surface area contributed by atoms with Crippen molar-refractivity contribution in [3.8, 4) is 11.8 Å². The van der Waals surface area contributed by atoms with Crippen molar-refractivity contribution in [3.05, 3.63) is 113 Å². The number of thioether (sulfide) groups is 1. The van der Waals surface area contributed by atoms with Crippen LogP contribution in [0.15, 0.2) is 90.1 Å². The molecule has 0 aliphatic heterocycles. The van der Waals surface area contributed by atoms with Crippen molar-refractivity contribution in [2.45, 2.75) is 18.2 Å². The minimum Gasteiger partial charge on any atom is -0.382 e. The van der Waals surface area contributed by atoms with E-state index in [4.69, 9.17) is 10.8 Å². The molecule has 0 saturated carbocycles. The third kappa shape index (κ3) is 5.17. The molecule has 3 N–H and O–H groups in total. The summed E-state index contributed by atoms with van der Waals surface area (Å²) in [7, 11) is 0. The molecule has 1 unspecified atom stereocenters. The molecular formula is C27H24N8OS. The number of fused-ring (bicyclic) bond motifs is 1. The van der Waals surface area contributed by atoms with E-state index in [9.17, 15) is 10.1 Å². The molecule has 0 saturated heterocycles. The number of nitrogens with zero attached hydrogens (tertiary/aromatic N) is 6. The van der Waals surface area contributed by atoms with Crippen molar-refractivity contribution in [2.75, 3.05) is 16.8 Å². The highest BCUT2D eigenvalue weighted by molar-refractivity contribution is 7.98. The first-order valence-corrected chi connectivity index (χ1v) is 12.9. The van der Waals surface area contributed by atoms with Crippen LogP contribution in [-0.4, -0.2) is 29.9 Å². The number of nitrogens with one attached hydrogen (secondary N) is 1. The molecule has 3 aromatic heterocycles. The maximum atomic E-state index is 13.6. The Kier molecular flexibility index (Phi) is 7.14. The van der Waals surface area contributed by atoms with Crippen molar-refractivity contribution >= 4 is 28.9 Å². The van der Waals surface area contributed by atoms with Crippen LogP contribution in [0.1, 0.15) is 29.4 Å². The first-order chi connectivity index (χ1) is 18.2. The summed E-state index contributed by atoms with van der Waals surface area (Å²) in [6.07, 6.45) is 3.67. The van der Waals surface area contributed by atoms with Crippen molar-refractivity contribution in [1.82, 2.24) is 24.1 Å². The lowest BCUT2D eigenvalue weighted by molar-refractivity contribution is 0.624. The smallest absolute Gasteiger partial charge is 0.282 e. The van der Waals surface area contributed by atoms with Crippen LogP contribution in [0.4, 0.5) is 11.6 Å². The summed E-state index contributed by atoms with van der Waals surface area (Å²) in [5.41, 5.74) is 8.31. The third-order valence-electron chi connectivity index (χ3n) is 5.88. The van der Waals surface area contributed by atoms with Crippen molar-refractivity contribution in [2.24, 2.45) is 0 Å². The van der Waals surface area contributed by atoms with E-state index in [2.05, 4.69) is 33.5 Å². The highest BCUT2D eigenvalue weighted by Gasteiger charge is 2.24. The normalized spacial score (nSPS) is 11.8. The van der Waals surface area contributed by atoms with Crippen LogP contribution in [0.25, 0.3) is 11.2 Å². The molecule has 0 aliphatic rings. The SMILES string of the molecule is N#Cc1c(N)ncnc1NC(CCSCc1ccccc1)c1nn2cccc2c(=O)n1-c1ccccc1. The molecule has 3 heterocycles. The molecule has 0 bridgehead atoms. The van der Waals surface area contributed by atoms with Crippen LogP contribution in [0, 0.1) is 11.3 Å². The predicted molar refractivity (Wildman–Crippen MR) is 146 cm³/mol. The first kappa shape index (κ1) is 24.1. The minimum absolute atomic E-state index is 0.0893. The number of rotatable bonds is 9. The van der Waals surface area contributed by atoms with E-state index in [1.807, 2.05) is 48.5 Å². The van der Waals surface area contributed by atoms with E-state index < -0.39 is 6.04 Å². The Morgan fingerprint density at radius 1 is 1.03 bits per heavy atom. The fraction of sp³-hybridized carbons (Fsp3) is 0.148. The topological polar surface area (TPSA) is 127 Å². The Morgan fingerprint density at radius 2 is 1.78 bits per heavy atom. The van der Waals surface area contributed by atoms with Crippen LogP contribution in [0.5, 0.6) is 0 Å². The number of benzene rings is 2. The molecule has 10 heteroatoms. The number of nitriles is 1. The van der Waals surface area contributed by atoms with E-state index in [1.165, 1.54) is 11.9 Å². The van der Waals surface area contributed by atoms with Gasteiger partial charge in [-0.25, -0.2) is 14.5 Å². The summed E-state index contributed by atoms with van der Waals surface area (Å²) < 4.78 is 3.20. The second-order valence-electron chi connectivity index (χ2n) is 8.29. The molecule has 0 fully saturated rings. The van der Waals surface area contributed by atoms with E-state index in [0.717, 1.165) is 11.5 Å². The third-order valence-corrected chi connectivity index (χ3v) is 6.94. The van der Waals surface area contributed by atoms with E-state index in [-0.39, 0.29) is 16.9 Å².